The molecule has 0 N–H and O–H groups in total. The van der Waals surface area contributed by atoms with Gasteiger partial charge in [0.2, 0.25) is 0 Å². The molecule has 0 atom stereocenters. The van der Waals surface area contributed by atoms with Gasteiger partial charge in [0.15, 0.2) is 0 Å². The summed E-state index contributed by atoms with van der Waals surface area (Å²) in [6.45, 7) is 6.29. The first-order valence-electron chi connectivity index (χ1n) is 4.57. The average molecular weight is 178 g/mol. The number of allylic oxidation sites excluding steroid dienone is 2. The first-order chi connectivity index (χ1) is 6.15. The summed E-state index contributed by atoms with van der Waals surface area (Å²) < 4.78 is 12.6. The Kier molecular flexibility index (Phi) is 3.24. The van der Waals surface area contributed by atoms with Gasteiger partial charge in [-0.3, -0.25) is 0 Å². The van der Waals surface area contributed by atoms with Crippen LogP contribution in [0.25, 0.3) is 5.57 Å². The predicted octanol–water partition coefficient (Wildman–Crippen LogP) is 3.89. The molecule has 0 aliphatic rings. The number of rotatable bonds is 2. The van der Waals surface area contributed by atoms with E-state index in [-0.39, 0.29) is 5.82 Å². The Morgan fingerprint density at radius 1 is 1.23 bits per heavy atom. The van der Waals surface area contributed by atoms with E-state index < -0.39 is 0 Å². The largest absolute Gasteiger partial charge is 0.207 e. The Morgan fingerprint density at radius 3 is 2.15 bits per heavy atom. The van der Waals surface area contributed by atoms with Crippen LogP contribution in [0.4, 0.5) is 4.39 Å². The summed E-state index contributed by atoms with van der Waals surface area (Å²) in [6.07, 6.45) is 2.08. The summed E-state index contributed by atoms with van der Waals surface area (Å²) >= 11 is 0. The van der Waals surface area contributed by atoms with Gasteiger partial charge in [-0.1, -0.05) is 32.1 Å². The number of hydrogen-bond donors (Lipinski definition) is 0. The van der Waals surface area contributed by atoms with Gasteiger partial charge in [0.05, 0.1) is 0 Å². The molecule has 0 spiro atoms. The van der Waals surface area contributed by atoms with Crippen LogP contribution in [0, 0.1) is 11.7 Å². The van der Waals surface area contributed by atoms with Gasteiger partial charge in [-0.2, -0.15) is 0 Å². The van der Waals surface area contributed by atoms with Crippen molar-refractivity contribution in [1.29, 1.82) is 0 Å². The molecule has 0 nitrogen and oxygen atoms in total. The van der Waals surface area contributed by atoms with Crippen molar-refractivity contribution < 1.29 is 4.39 Å². The van der Waals surface area contributed by atoms with E-state index in [1.54, 1.807) is 0 Å². The minimum absolute atomic E-state index is 0.178. The normalized spacial score (nSPS) is 12.2. The lowest BCUT2D eigenvalue weighted by molar-refractivity contribution is 0.627. The molecule has 1 aromatic carbocycles. The molecule has 0 unspecified atom stereocenters. The van der Waals surface area contributed by atoms with Crippen molar-refractivity contribution in [3.63, 3.8) is 0 Å². The molecule has 0 fully saturated rings. The van der Waals surface area contributed by atoms with Gasteiger partial charge in [0.1, 0.15) is 5.82 Å². The van der Waals surface area contributed by atoms with Crippen molar-refractivity contribution in [3.05, 3.63) is 41.7 Å². The van der Waals surface area contributed by atoms with E-state index in [4.69, 9.17) is 0 Å². The Bertz CT molecular complexity index is 293. The molecule has 0 amide bonds. The average Bonchev–Trinajstić information content (AvgIpc) is 2.09. The van der Waals surface area contributed by atoms with Gasteiger partial charge in [-0.25, -0.2) is 4.39 Å². The maximum absolute atomic E-state index is 12.6. The van der Waals surface area contributed by atoms with Gasteiger partial charge < -0.3 is 0 Å². The van der Waals surface area contributed by atoms with E-state index in [0.717, 1.165) is 5.56 Å². The molecular weight excluding hydrogens is 163 g/mol. The van der Waals surface area contributed by atoms with E-state index in [1.807, 2.05) is 19.1 Å². The Labute approximate surface area is 79.1 Å². The zero-order chi connectivity index (χ0) is 9.84. The summed E-state index contributed by atoms with van der Waals surface area (Å²) in [5, 5.41) is 0. The summed E-state index contributed by atoms with van der Waals surface area (Å²) in [7, 11) is 0. The van der Waals surface area contributed by atoms with Crippen molar-refractivity contribution in [1.82, 2.24) is 0 Å². The van der Waals surface area contributed by atoms with Crippen molar-refractivity contribution in [2.45, 2.75) is 20.8 Å². The van der Waals surface area contributed by atoms with E-state index in [1.165, 1.54) is 17.7 Å². The zero-order valence-corrected chi connectivity index (χ0v) is 8.34. The first kappa shape index (κ1) is 9.97. The van der Waals surface area contributed by atoms with Crippen molar-refractivity contribution in [3.8, 4) is 0 Å². The van der Waals surface area contributed by atoms with Gasteiger partial charge in [0, 0.05) is 0 Å². The maximum Gasteiger partial charge on any atom is 0.123 e. The smallest absolute Gasteiger partial charge is 0.123 e. The Balaban J connectivity index is 3.00. The quantitative estimate of drug-likeness (QED) is 0.644. The molecular formula is C12H15F. The van der Waals surface area contributed by atoms with E-state index in [2.05, 4.69) is 19.9 Å². The predicted molar refractivity (Wildman–Crippen MR) is 54.9 cm³/mol. The zero-order valence-electron chi connectivity index (χ0n) is 8.34. The molecule has 0 radical (unpaired) electrons. The number of halogens is 1. The summed E-state index contributed by atoms with van der Waals surface area (Å²) in [4.78, 5) is 0. The van der Waals surface area contributed by atoms with Crippen molar-refractivity contribution in [2.24, 2.45) is 5.92 Å². The van der Waals surface area contributed by atoms with Gasteiger partial charge in [0.25, 0.3) is 0 Å². The fourth-order valence-electron chi connectivity index (χ4n) is 1.48. The standard InChI is InChI=1S/C12H15F/c1-4-12(9(2)3)10-5-7-11(13)8-6-10/h4-9H,1-3H3. The fourth-order valence-corrected chi connectivity index (χ4v) is 1.48. The van der Waals surface area contributed by atoms with E-state index in [0.29, 0.717) is 5.92 Å². The molecule has 0 bridgehead atoms. The molecule has 1 rings (SSSR count). The Morgan fingerprint density at radius 2 is 1.77 bits per heavy atom. The molecule has 0 aromatic heterocycles. The highest BCUT2D eigenvalue weighted by molar-refractivity contribution is 5.66. The first-order valence-corrected chi connectivity index (χ1v) is 4.57. The van der Waals surface area contributed by atoms with Crippen LogP contribution in [0.3, 0.4) is 0 Å². The van der Waals surface area contributed by atoms with E-state index in [9.17, 15) is 4.39 Å². The molecule has 1 heteroatoms. The monoisotopic (exact) mass is 178 g/mol. The summed E-state index contributed by atoms with van der Waals surface area (Å²) in [5.74, 6) is 0.304. The second kappa shape index (κ2) is 4.22. The lowest BCUT2D eigenvalue weighted by Crippen LogP contribution is -1.93. The lowest BCUT2D eigenvalue weighted by Gasteiger charge is -2.10. The minimum Gasteiger partial charge on any atom is -0.207 e. The van der Waals surface area contributed by atoms with Crippen LogP contribution in [-0.4, -0.2) is 0 Å². The lowest BCUT2D eigenvalue weighted by atomic mass is 9.95. The maximum atomic E-state index is 12.6. The molecule has 0 saturated heterocycles. The highest BCUT2D eigenvalue weighted by Crippen LogP contribution is 2.22. The van der Waals surface area contributed by atoms with Crippen LogP contribution in [0.2, 0.25) is 0 Å². The third-order valence-corrected chi connectivity index (χ3v) is 2.11. The van der Waals surface area contributed by atoms with Gasteiger partial charge >= 0.3 is 0 Å². The van der Waals surface area contributed by atoms with Crippen LogP contribution in [-0.2, 0) is 0 Å². The highest BCUT2D eigenvalue weighted by atomic mass is 19.1. The second-order valence-electron chi connectivity index (χ2n) is 3.41. The molecule has 1 aromatic rings. The van der Waals surface area contributed by atoms with Crippen LogP contribution in [0.15, 0.2) is 30.3 Å². The van der Waals surface area contributed by atoms with Crippen LogP contribution >= 0.6 is 0 Å². The SMILES string of the molecule is CC=C(c1ccc(F)cc1)C(C)C. The summed E-state index contributed by atoms with van der Waals surface area (Å²) in [6, 6.07) is 6.65. The fraction of sp³-hybridized carbons (Fsp3) is 0.333. The third-order valence-electron chi connectivity index (χ3n) is 2.11. The molecule has 70 valence electrons. The van der Waals surface area contributed by atoms with Gasteiger partial charge in [-0.05, 0) is 36.1 Å². The van der Waals surface area contributed by atoms with Crippen LogP contribution < -0.4 is 0 Å². The van der Waals surface area contributed by atoms with Crippen molar-refractivity contribution >= 4 is 5.57 Å². The number of benzene rings is 1. The second-order valence-corrected chi connectivity index (χ2v) is 3.41. The van der Waals surface area contributed by atoms with Crippen LogP contribution in [0.5, 0.6) is 0 Å². The molecule has 0 saturated carbocycles. The minimum atomic E-state index is -0.178. The molecule has 0 heterocycles. The Hall–Kier alpha value is -1.11. The summed E-state index contributed by atoms with van der Waals surface area (Å²) in [5.41, 5.74) is 2.37. The molecule has 0 aliphatic heterocycles. The molecule has 13 heavy (non-hydrogen) atoms. The van der Waals surface area contributed by atoms with Crippen LogP contribution in [0.1, 0.15) is 26.3 Å². The van der Waals surface area contributed by atoms with Crippen molar-refractivity contribution in [2.75, 3.05) is 0 Å². The molecule has 0 aliphatic carbocycles. The topological polar surface area (TPSA) is 0 Å². The third kappa shape index (κ3) is 2.41. The van der Waals surface area contributed by atoms with E-state index >= 15 is 0 Å². The highest BCUT2D eigenvalue weighted by Gasteiger charge is 2.04. The van der Waals surface area contributed by atoms with Gasteiger partial charge in [-0.15, -0.1) is 0 Å². The number of hydrogen-bond acceptors (Lipinski definition) is 0.